The molecule has 1 rings (SSSR count). The molecule has 94 valence electrons. The Morgan fingerprint density at radius 3 is 2.18 bits per heavy atom. The Bertz CT molecular complexity index is 368. The predicted octanol–water partition coefficient (Wildman–Crippen LogP) is 2.53. The van der Waals surface area contributed by atoms with Gasteiger partial charge in [-0.2, -0.15) is 0 Å². The molecule has 0 aliphatic rings. The van der Waals surface area contributed by atoms with E-state index in [4.69, 9.17) is 0 Å². The minimum atomic E-state index is -0.273. The van der Waals surface area contributed by atoms with Crippen LogP contribution in [0.1, 0.15) is 34.6 Å². The van der Waals surface area contributed by atoms with Gasteiger partial charge in [-0.3, -0.25) is 4.79 Å². The molecule has 0 bridgehead atoms. The number of hydrogen-bond donors (Lipinski definition) is 1. The van der Waals surface area contributed by atoms with Crippen molar-refractivity contribution in [3.05, 3.63) is 18.5 Å². The first-order valence-electron chi connectivity index (χ1n) is 5.89. The van der Waals surface area contributed by atoms with E-state index < -0.39 is 0 Å². The van der Waals surface area contributed by atoms with Crippen LogP contribution in [0.2, 0.25) is 0 Å². The van der Waals surface area contributed by atoms with E-state index >= 15 is 0 Å². The lowest BCUT2D eigenvalue weighted by Crippen LogP contribution is -2.43. The summed E-state index contributed by atoms with van der Waals surface area (Å²) in [6.45, 7) is 9.93. The van der Waals surface area contributed by atoms with Crippen molar-refractivity contribution in [2.24, 2.45) is 11.3 Å². The van der Waals surface area contributed by atoms with E-state index in [2.05, 4.69) is 15.3 Å². The van der Waals surface area contributed by atoms with Gasteiger partial charge in [0, 0.05) is 18.3 Å². The van der Waals surface area contributed by atoms with E-state index in [0.717, 1.165) is 0 Å². The molecule has 1 heterocycles. The Hall–Kier alpha value is -1.45. The second kappa shape index (κ2) is 5.25. The first kappa shape index (κ1) is 13.6. The van der Waals surface area contributed by atoms with Gasteiger partial charge in [0.05, 0.1) is 6.04 Å². The Morgan fingerprint density at radius 1 is 1.24 bits per heavy atom. The predicted molar refractivity (Wildman–Crippen MR) is 68.7 cm³/mol. The molecule has 1 atom stereocenters. The molecule has 4 nitrogen and oxygen atoms in total. The second-order valence-corrected chi connectivity index (χ2v) is 5.57. The molecule has 1 unspecified atom stereocenters. The van der Waals surface area contributed by atoms with Crippen LogP contribution in [0.15, 0.2) is 18.5 Å². The number of carbonyl (C=O) groups is 1. The second-order valence-electron chi connectivity index (χ2n) is 5.57. The maximum atomic E-state index is 12.2. The average molecular weight is 235 g/mol. The topological polar surface area (TPSA) is 54.9 Å². The lowest BCUT2D eigenvalue weighted by Gasteiger charge is -2.31. The average Bonchev–Trinajstić information content (AvgIpc) is 2.24. The fourth-order valence-electron chi connectivity index (χ4n) is 1.55. The van der Waals surface area contributed by atoms with Crippen LogP contribution in [0, 0.1) is 11.3 Å². The van der Waals surface area contributed by atoms with Crippen molar-refractivity contribution in [2.45, 2.75) is 40.7 Å². The van der Waals surface area contributed by atoms with Gasteiger partial charge < -0.3 is 5.32 Å². The number of Topliss-reactive ketones (excluding diaryl/α,β-unsaturated/α-hetero) is 1. The van der Waals surface area contributed by atoms with Crippen LogP contribution in [0.4, 0.5) is 5.95 Å². The third kappa shape index (κ3) is 3.80. The lowest BCUT2D eigenvalue weighted by molar-refractivity contribution is -0.124. The van der Waals surface area contributed by atoms with Gasteiger partial charge >= 0.3 is 0 Å². The van der Waals surface area contributed by atoms with Crippen molar-refractivity contribution in [3.63, 3.8) is 0 Å². The molecular weight excluding hydrogens is 214 g/mol. The zero-order valence-corrected chi connectivity index (χ0v) is 11.2. The van der Waals surface area contributed by atoms with E-state index in [1.54, 1.807) is 18.5 Å². The zero-order chi connectivity index (χ0) is 13.1. The number of rotatable bonds is 4. The van der Waals surface area contributed by atoms with Crippen molar-refractivity contribution in [2.75, 3.05) is 5.32 Å². The van der Waals surface area contributed by atoms with Crippen molar-refractivity contribution in [3.8, 4) is 0 Å². The molecule has 4 heteroatoms. The largest absolute Gasteiger partial charge is 0.344 e. The number of hydrogen-bond acceptors (Lipinski definition) is 4. The van der Waals surface area contributed by atoms with Gasteiger partial charge in [0.15, 0.2) is 5.78 Å². The van der Waals surface area contributed by atoms with Crippen molar-refractivity contribution in [1.82, 2.24) is 9.97 Å². The summed E-state index contributed by atoms with van der Waals surface area (Å²) in [6, 6.07) is 1.48. The van der Waals surface area contributed by atoms with Gasteiger partial charge in [-0.15, -0.1) is 0 Å². The molecule has 0 aliphatic carbocycles. The monoisotopic (exact) mass is 235 g/mol. The molecule has 0 saturated carbocycles. The third-order valence-corrected chi connectivity index (χ3v) is 2.56. The molecule has 0 saturated heterocycles. The summed E-state index contributed by atoms with van der Waals surface area (Å²) in [7, 11) is 0. The maximum Gasteiger partial charge on any atom is 0.223 e. The molecule has 0 aromatic carbocycles. The molecule has 0 aliphatic heterocycles. The first-order chi connectivity index (χ1) is 7.82. The quantitative estimate of drug-likeness (QED) is 0.871. The Balaban J connectivity index is 2.90. The normalized spacial score (nSPS) is 13.5. The number of ketones is 1. The molecule has 0 spiro atoms. The molecule has 1 N–H and O–H groups in total. The summed E-state index contributed by atoms with van der Waals surface area (Å²) in [5.74, 6) is 0.682. The smallest absolute Gasteiger partial charge is 0.223 e. The van der Waals surface area contributed by atoms with E-state index in [-0.39, 0.29) is 23.2 Å². The van der Waals surface area contributed by atoms with Crippen molar-refractivity contribution in [1.29, 1.82) is 0 Å². The summed E-state index contributed by atoms with van der Waals surface area (Å²) in [5, 5.41) is 3.13. The summed E-state index contributed by atoms with van der Waals surface area (Å²) >= 11 is 0. The number of carbonyl (C=O) groups excluding carboxylic acids is 1. The SMILES string of the molecule is CC(C)C(=O)C(Nc1ncccn1)C(C)(C)C. The van der Waals surface area contributed by atoms with Crippen LogP contribution in [-0.4, -0.2) is 21.8 Å². The first-order valence-corrected chi connectivity index (χ1v) is 5.89. The highest BCUT2D eigenvalue weighted by atomic mass is 16.1. The molecule has 0 fully saturated rings. The summed E-state index contributed by atoms with van der Waals surface area (Å²) in [6.07, 6.45) is 3.32. The number of nitrogens with one attached hydrogen (secondary N) is 1. The number of anilines is 1. The molecule has 0 amide bonds. The fraction of sp³-hybridized carbons (Fsp3) is 0.615. The zero-order valence-electron chi connectivity index (χ0n) is 11.2. The van der Waals surface area contributed by atoms with E-state index in [1.165, 1.54) is 0 Å². The standard InChI is InChI=1S/C13H21N3O/c1-9(2)10(17)11(13(3,4)5)16-12-14-7-6-8-15-12/h6-9,11H,1-5H3,(H,14,15,16). The van der Waals surface area contributed by atoms with Gasteiger partial charge in [-0.25, -0.2) is 9.97 Å². The van der Waals surface area contributed by atoms with Gasteiger partial charge in [-0.1, -0.05) is 34.6 Å². The highest BCUT2D eigenvalue weighted by Crippen LogP contribution is 2.24. The highest BCUT2D eigenvalue weighted by Gasteiger charge is 2.32. The summed E-state index contributed by atoms with van der Waals surface area (Å²) < 4.78 is 0. The van der Waals surface area contributed by atoms with E-state index in [9.17, 15) is 4.79 Å². The lowest BCUT2D eigenvalue weighted by atomic mass is 9.81. The number of nitrogens with zero attached hydrogens (tertiary/aromatic N) is 2. The van der Waals surface area contributed by atoms with Crippen LogP contribution < -0.4 is 5.32 Å². The van der Waals surface area contributed by atoms with Gasteiger partial charge in [0.25, 0.3) is 0 Å². The van der Waals surface area contributed by atoms with E-state index in [0.29, 0.717) is 5.95 Å². The van der Waals surface area contributed by atoms with Crippen LogP contribution in [0.25, 0.3) is 0 Å². The van der Waals surface area contributed by atoms with Crippen molar-refractivity contribution < 1.29 is 4.79 Å². The van der Waals surface area contributed by atoms with Crippen LogP contribution >= 0.6 is 0 Å². The molecule has 17 heavy (non-hydrogen) atoms. The molecule has 0 radical (unpaired) electrons. The molecule has 1 aromatic rings. The van der Waals surface area contributed by atoms with Crippen LogP contribution in [-0.2, 0) is 4.79 Å². The van der Waals surface area contributed by atoms with Crippen LogP contribution in [0.5, 0.6) is 0 Å². The number of aromatic nitrogens is 2. The fourth-order valence-corrected chi connectivity index (χ4v) is 1.55. The van der Waals surface area contributed by atoms with Gasteiger partial charge in [0.1, 0.15) is 0 Å². The minimum Gasteiger partial charge on any atom is -0.344 e. The Morgan fingerprint density at radius 2 is 1.76 bits per heavy atom. The summed E-state index contributed by atoms with van der Waals surface area (Å²) in [4.78, 5) is 20.4. The maximum absolute atomic E-state index is 12.2. The molecular formula is C13H21N3O. The van der Waals surface area contributed by atoms with E-state index in [1.807, 2.05) is 34.6 Å². The highest BCUT2D eigenvalue weighted by molar-refractivity contribution is 5.88. The minimum absolute atomic E-state index is 0.00422. The van der Waals surface area contributed by atoms with Gasteiger partial charge in [-0.05, 0) is 11.5 Å². The van der Waals surface area contributed by atoms with Gasteiger partial charge in [0.2, 0.25) is 5.95 Å². The summed E-state index contributed by atoms with van der Waals surface area (Å²) in [5.41, 5.74) is -0.166. The van der Waals surface area contributed by atoms with Crippen molar-refractivity contribution >= 4 is 11.7 Å². The Kier molecular flexibility index (Phi) is 4.21. The molecule has 1 aromatic heterocycles. The Labute approximate surface area is 103 Å². The third-order valence-electron chi connectivity index (χ3n) is 2.56. The van der Waals surface area contributed by atoms with Crippen LogP contribution in [0.3, 0.4) is 0 Å².